The molecule has 0 aromatic heterocycles. The van der Waals surface area contributed by atoms with Crippen molar-refractivity contribution in [2.45, 2.75) is 56.8 Å². The van der Waals surface area contributed by atoms with Crippen molar-refractivity contribution < 1.29 is 26.3 Å². The summed E-state index contributed by atoms with van der Waals surface area (Å²) in [4.78, 5) is -0.227. The first-order chi connectivity index (χ1) is 12.2. The third kappa shape index (κ3) is 5.34. The Hall–Kier alpha value is -1.32. The van der Waals surface area contributed by atoms with Crippen LogP contribution in [-0.2, 0) is 10.0 Å². The summed E-state index contributed by atoms with van der Waals surface area (Å²) in [5, 5.41) is 3.24. The molecule has 9 heteroatoms. The zero-order chi connectivity index (χ0) is 19.4. The average Bonchev–Trinajstić information content (AvgIpc) is 2.54. The monoisotopic (exact) mass is 394 g/mol. The van der Waals surface area contributed by atoms with E-state index in [4.69, 9.17) is 0 Å². The lowest BCUT2D eigenvalue weighted by Gasteiger charge is -2.47. The molecule has 2 N–H and O–H groups in total. The predicted octanol–water partition coefficient (Wildman–Crippen LogP) is 3.42. The molecule has 3 rings (SSSR count). The van der Waals surface area contributed by atoms with Gasteiger partial charge in [-0.25, -0.2) is 13.1 Å². The van der Waals surface area contributed by atoms with Gasteiger partial charge in [-0.15, -0.1) is 13.2 Å². The number of rotatable bonds is 4. The molecule has 0 amide bonds. The Morgan fingerprint density at radius 3 is 2.31 bits per heavy atom. The zero-order valence-corrected chi connectivity index (χ0v) is 15.7. The minimum Gasteiger partial charge on any atom is -0.406 e. The molecule has 5 nitrogen and oxygen atoms in total. The molecule has 1 saturated heterocycles. The maximum atomic E-state index is 12.4. The lowest BCUT2D eigenvalue weighted by atomic mass is 9.69. The van der Waals surface area contributed by atoms with Gasteiger partial charge in [-0.3, -0.25) is 0 Å². The van der Waals surface area contributed by atoms with Gasteiger partial charge >= 0.3 is 6.36 Å². The number of alkyl halides is 3. The minimum absolute atomic E-state index is 0.187. The van der Waals surface area contributed by atoms with Crippen LogP contribution in [-0.4, -0.2) is 33.9 Å². The largest absolute Gasteiger partial charge is 0.573 e. The highest BCUT2D eigenvalue weighted by Gasteiger charge is 2.40. The Morgan fingerprint density at radius 1 is 1.19 bits per heavy atom. The van der Waals surface area contributed by atoms with Gasteiger partial charge in [0.1, 0.15) is 5.75 Å². The molecular formula is C17H25F3N2O3S. The highest BCUT2D eigenvalue weighted by atomic mass is 32.2. The van der Waals surface area contributed by atoms with E-state index in [1.165, 1.54) is 12.1 Å². The summed E-state index contributed by atoms with van der Waals surface area (Å²) in [7, 11) is -3.88. The summed E-state index contributed by atoms with van der Waals surface area (Å²) in [6.45, 7) is 5.95. The SMILES string of the molecule is CC.O=S(=O)(NC1CCC2(CC1)CNC2)c1cccc(OC(F)(F)F)c1. The fraction of sp³-hybridized carbons (Fsp3) is 0.647. The van der Waals surface area contributed by atoms with Crippen LogP contribution in [0.5, 0.6) is 5.75 Å². The normalized spacial score (nSPS) is 20.0. The van der Waals surface area contributed by atoms with Gasteiger partial charge in [-0.1, -0.05) is 19.9 Å². The molecule has 1 aromatic rings. The van der Waals surface area contributed by atoms with Crippen molar-refractivity contribution in [1.82, 2.24) is 10.0 Å². The molecule has 148 valence electrons. The maximum absolute atomic E-state index is 12.4. The highest BCUT2D eigenvalue weighted by Crippen LogP contribution is 2.39. The quantitative estimate of drug-likeness (QED) is 0.821. The zero-order valence-electron chi connectivity index (χ0n) is 14.9. The van der Waals surface area contributed by atoms with E-state index in [1.807, 2.05) is 13.8 Å². The Labute approximate surface area is 152 Å². The lowest BCUT2D eigenvalue weighted by molar-refractivity contribution is -0.274. The van der Waals surface area contributed by atoms with Crippen molar-refractivity contribution in [3.05, 3.63) is 24.3 Å². The van der Waals surface area contributed by atoms with Gasteiger partial charge < -0.3 is 10.1 Å². The molecule has 0 radical (unpaired) electrons. The van der Waals surface area contributed by atoms with E-state index in [2.05, 4.69) is 14.8 Å². The van der Waals surface area contributed by atoms with E-state index in [0.717, 1.165) is 50.9 Å². The summed E-state index contributed by atoms with van der Waals surface area (Å²) in [5.41, 5.74) is 0.308. The number of ether oxygens (including phenoxy) is 1. The van der Waals surface area contributed by atoms with E-state index in [0.29, 0.717) is 5.41 Å². The van der Waals surface area contributed by atoms with Crippen LogP contribution >= 0.6 is 0 Å². The van der Waals surface area contributed by atoms with Crippen LogP contribution in [0.4, 0.5) is 13.2 Å². The first-order valence-electron chi connectivity index (χ1n) is 8.76. The Bertz CT molecular complexity index is 693. The van der Waals surface area contributed by atoms with Crippen LogP contribution in [0.1, 0.15) is 39.5 Å². The van der Waals surface area contributed by atoms with Crippen molar-refractivity contribution >= 4 is 10.0 Å². The molecule has 0 atom stereocenters. The van der Waals surface area contributed by atoms with Gasteiger partial charge in [-0.2, -0.15) is 0 Å². The molecule has 1 aromatic carbocycles. The number of sulfonamides is 1. The summed E-state index contributed by atoms with van der Waals surface area (Å²) < 4.78 is 68.0. The van der Waals surface area contributed by atoms with Crippen LogP contribution < -0.4 is 14.8 Å². The predicted molar refractivity (Wildman–Crippen MR) is 92.4 cm³/mol. The van der Waals surface area contributed by atoms with Gasteiger partial charge in [0.25, 0.3) is 0 Å². The molecule has 0 unspecified atom stereocenters. The van der Waals surface area contributed by atoms with E-state index >= 15 is 0 Å². The molecule has 0 bridgehead atoms. The first kappa shape index (κ1) is 21.0. The number of hydrogen-bond donors (Lipinski definition) is 2. The molecule has 1 aliphatic heterocycles. The Balaban J connectivity index is 0.00000117. The van der Waals surface area contributed by atoms with Crippen molar-refractivity contribution in [1.29, 1.82) is 0 Å². The van der Waals surface area contributed by atoms with Crippen molar-refractivity contribution in [2.75, 3.05) is 13.1 Å². The third-order valence-corrected chi connectivity index (χ3v) is 6.24. The first-order valence-corrected chi connectivity index (χ1v) is 10.2. The summed E-state index contributed by atoms with van der Waals surface area (Å²) >= 11 is 0. The highest BCUT2D eigenvalue weighted by molar-refractivity contribution is 7.89. The van der Waals surface area contributed by atoms with Gasteiger partial charge in [0, 0.05) is 25.2 Å². The molecule has 2 fully saturated rings. The molecular weight excluding hydrogens is 369 g/mol. The molecule has 2 aliphatic rings. The van der Waals surface area contributed by atoms with Gasteiger partial charge in [0.2, 0.25) is 10.0 Å². The smallest absolute Gasteiger partial charge is 0.406 e. The fourth-order valence-electron chi connectivity index (χ4n) is 3.31. The second-order valence-corrected chi connectivity index (χ2v) is 8.24. The van der Waals surface area contributed by atoms with Crippen LogP contribution in [0.2, 0.25) is 0 Å². The average molecular weight is 394 g/mol. The standard InChI is InChI=1S/C15H19F3N2O3S.C2H6/c16-15(17,18)23-12-2-1-3-13(8-12)24(21,22)20-11-4-6-14(7-5-11)9-19-10-14;1-2/h1-3,8,11,19-20H,4-7,9-10H2;1-2H3. The summed E-state index contributed by atoms with van der Waals surface area (Å²) in [6, 6.07) is 4.25. The van der Waals surface area contributed by atoms with E-state index < -0.39 is 22.1 Å². The van der Waals surface area contributed by atoms with Crippen LogP contribution in [0.15, 0.2) is 29.2 Å². The van der Waals surface area contributed by atoms with Gasteiger partial charge in [0.05, 0.1) is 4.90 Å². The number of benzene rings is 1. The number of hydrogen-bond acceptors (Lipinski definition) is 4. The van der Waals surface area contributed by atoms with Gasteiger partial charge in [0.15, 0.2) is 0 Å². The minimum atomic E-state index is -4.86. The molecule has 1 aliphatic carbocycles. The van der Waals surface area contributed by atoms with E-state index in [1.54, 1.807) is 0 Å². The van der Waals surface area contributed by atoms with Crippen molar-refractivity contribution in [2.24, 2.45) is 5.41 Å². The summed E-state index contributed by atoms with van der Waals surface area (Å²) in [5.74, 6) is -0.548. The van der Waals surface area contributed by atoms with Crippen LogP contribution in [0, 0.1) is 5.41 Å². The number of nitrogens with one attached hydrogen (secondary N) is 2. The topological polar surface area (TPSA) is 67.4 Å². The molecule has 26 heavy (non-hydrogen) atoms. The van der Waals surface area contributed by atoms with Crippen molar-refractivity contribution in [3.63, 3.8) is 0 Å². The van der Waals surface area contributed by atoms with Crippen LogP contribution in [0.3, 0.4) is 0 Å². The fourth-order valence-corrected chi connectivity index (χ4v) is 4.65. The van der Waals surface area contributed by atoms with Crippen molar-refractivity contribution in [3.8, 4) is 5.75 Å². The van der Waals surface area contributed by atoms with E-state index in [-0.39, 0.29) is 10.9 Å². The number of halogens is 3. The maximum Gasteiger partial charge on any atom is 0.573 e. The summed E-state index contributed by atoms with van der Waals surface area (Å²) in [6.07, 6.45) is -1.49. The second kappa shape index (κ2) is 8.14. The second-order valence-electron chi connectivity index (χ2n) is 6.52. The Kier molecular flexibility index (Phi) is 6.57. The molecule has 1 saturated carbocycles. The molecule has 1 spiro atoms. The lowest BCUT2D eigenvalue weighted by Crippen LogP contribution is -2.56. The molecule has 1 heterocycles. The van der Waals surface area contributed by atoms with Gasteiger partial charge in [-0.05, 0) is 43.2 Å². The Morgan fingerprint density at radius 2 is 1.81 bits per heavy atom. The van der Waals surface area contributed by atoms with Crippen LogP contribution in [0.25, 0.3) is 0 Å². The van der Waals surface area contributed by atoms with E-state index in [9.17, 15) is 21.6 Å². The third-order valence-electron chi connectivity index (χ3n) is 4.72.